The van der Waals surface area contributed by atoms with Crippen molar-refractivity contribution in [2.75, 3.05) is 112 Å². The van der Waals surface area contributed by atoms with Gasteiger partial charge in [0, 0.05) is 13.0 Å². The number of carbonyl (C=O) groups is 1. The maximum Gasteiger partial charge on any atom is 0.305 e. The lowest BCUT2D eigenvalue weighted by Crippen LogP contribution is -2.15. The molecule has 10 nitrogen and oxygen atoms in total. The molecule has 36 heavy (non-hydrogen) atoms. The van der Waals surface area contributed by atoms with Crippen LogP contribution in [0.4, 0.5) is 0 Å². The average Bonchev–Trinajstić information content (AvgIpc) is 2.88. The minimum absolute atomic E-state index is 0.154. The highest BCUT2D eigenvalue weighted by Gasteiger charge is 2.01. The van der Waals surface area contributed by atoms with E-state index >= 15 is 0 Å². The van der Waals surface area contributed by atoms with Crippen molar-refractivity contribution in [3.63, 3.8) is 0 Å². The van der Waals surface area contributed by atoms with E-state index in [1.54, 1.807) is 0 Å². The molecule has 0 radical (unpaired) electrons. The minimum atomic E-state index is -0.154. The maximum atomic E-state index is 11.4. The van der Waals surface area contributed by atoms with Crippen molar-refractivity contribution in [3.8, 4) is 0 Å². The number of esters is 1. The standard InChI is InChI=1S/C26H52O10/c1-3-5-7-8-26(27)36-25-24-35-23-22-34-21-20-33-19-18-32-17-16-31-15-14-30-13-12-29-11-10-28-9-6-4-2/h3-25H2,1-2H3. The molecule has 0 aliphatic rings. The molecule has 0 aromatic carbocycles. The maximum absolute atomic E-state index is 11.4. The van der Waals surface area contributed by atoms with E-state index in [0.717, 1.165) is 38.7 Å². The fourth-order valence-corrected chi connectivity index (χ4v) is 2.69. The van der Waals surface area contributed by atoms with Crippen LogP contribution in [0.2, 0.25) is 0 Å². The zero-order valence-corrected chi connectivity index (χ0v) is 22.8. The van der Waals surface area contributed by atoms with Crippen LogP contribution in [0.25, 0.3) is 0 Å². The van der Waals surface area contributed by atoms with E-state index < -0.39 is 0 Å². The molecule has 10 heteroatoms. The Morgan fingerprint density at radius 1 is 0.389 bits per heavy atom. The van der Waals surface area contributed by atoms with Gasteiger partial charge >= 0.3 is 5.97 Å². The topological polar surface area (TPSA) is 100 Å². The summed E-state index contributed by atoms with van der Waals surface area (Å²) in [4.78, 5) is 11.4. The summed E-state index contributed by atoms with van der Waals surface area (Å²) in [5.41, 5.74) is 0. The van der Waals surface area contributed by atoms with E-state index in [9.17, 15) is 4.79 Å². The number of ether oxygens (including phenoxy) is 9. The van der Waals surface area contributed by atoms with Crippen LogP contribution in [0, 0.1) is 0 Å². The van der Waals surface area contributed by atoms with Gasteiger partial charge in [0.2, 0.25) is 0 Å². The second-order valence-corrected chi connectivity index (χ2v) is 7.93. The van der Waals surface area contributed by atoms with Gasteiger partial charge < -0.3 is 42.6 Å². The Balaban J connectivity index is 3.06. The van der Waals surface area contributed by atoms with Crippen LogP contribution in [-0.4, -0.2) is 118 Å². The molecule has 0 aromatic heterocycles. The van der Waals surface area contributed by atoms with Crippen molar-refractivity contribution in [1.29, 1.82) is 0 Å². The Bertz CT molecular complexity index is 426. The van der Waals surface area contributed by atoms with Crippen LogP contribution in [0.15, 0.2) is 0 Å². The molecule has 0 N–H and O–H groups in total. The summed E-state index contributed by atoms with van der Waals surface area (Å²) in [5.74, 6) is -0.154. The molecule has 0 rings (SSSR count). The molecule has 0 unspecified atom stereocenters. The van der Waals surface area contributed by atoms with E-state index in [-0.39, 0.29) is 12.6 Å². The summed E-state index contributed by atoms with van der Waals surface area (Å²) in [7, 11) is 0. The van der Waals surface area contributed by atoms with Crippen LogP contribution in [0.3, 0.4) is 0 Å². The second-order valence-electron chi connectivity index (χ2n) is 7.93. The summed E-state index contributed by atoms with van der Waals surface area (Å²) >= 11 is 0. The monoisotopic (exact) mass is 524 g/mol. The molecule has 0 aromatic rings. The van der Waals surface area contributed by atoms with E-state index in [0.29, 0.717) is 106 Å². The molecular formula is C26H52O10. The third kappa shape index (κ3) is 31.2. The summed E-state index contributed by atoms with van der Waals surface area (Å²) in [6.45, 7) is 13.2. The van der Waals surface area contributed by atoms with Crippen LogP contribution in [0.5, 0.6) is 0 Å². The zero-order valence-electron chi connectivity index (χ0n) is 22.8. The Hall–Kier alpha value is -0.850. The SMILES string of the molecule is CCCCCC(=O)OCCOCCOCCOCCOCCOCCOCCOCCOCCCC. The van der Waals surface area contributed by atoms with Crippen LogP contribution >= 0.6 is 0 Å². The number of hydrogen-bond acceptors (Lipinski definition) is 10. The Labute approximate surface area is 218 Å². The molecule has 0 fully saturated rings. The number of rotatable bonds is 31. The summed E-state index contributed by atoms with van der Waals surface area (Å²) in [5, 5.41) is 0. The molecule has 0 spiro atoms. The average molecular weight is 525 g/mol. The molecular weight excluding hydrogens is 472 g/mol. The van der Waals surface area contributed by atoms with Crippen molar-refractivity contribution in [2.24, 2.45) is 0 Å². The summed E-state index contributed by atoms with van der Waals surface area (Å²) in [6, 6.07) is 0. The fourth-order valence-electron chi connectivity index (χ4n) is 2.69. The second kappa shape index (κ2) is 32.2. The van der Waals surface area contributed by atoms with Gasteiger partial charge in [0.1, 0.15) is 6.61 Å². The Morgan fingerprint density at radius 2 is 0.694 bits per heavy atom. The Kier molecular flexibility index (Phi) is 31.4. The normalized spacial score (nSPS) is 11.3. The quantitative estimate of drug-likeness (QED) is 0.0994. The van der Waals surface area contributed by atoms with Gasteiger partial charge in [-0.05, 0) is 12.8 Å². The molecule has 0 aliphatic heterocycles. The zero-order chi connectivity index (χ0) is 26.2. The van der Waals surface area contributed by atoms with Crippen molar-refractivity contribution in [1.82, 2.24) is 0 Å². The van der Waals surface area contributed by atoms with Gasteiger partial charge in [0.05, 0.1) is 99.1 Å². The van der Waals surface area contributed by atoms with Gasteiger partial charge in [-0.1, -0.05) is 33.1 Å². The molecule has 0 bridgehead atoms. The van der Waals surface area contributed by atoms with Crippen LogP contribution < -0.4 is 0 Å². The van der Waals surface area contributed by atoms with Gasteiger partial charge in [-0.2, -0.15) is 0 Å². The highest BCUT2D eigenvalue weighted by molar-refractivity contribution is 5.69. The first-order valence-electron chi connectivity index (χ1n) is 13.6. The van der Waals surface area contributed by atoms with E-state index in [4.69, 9.17) is 42.6 Å². The lowest BCUT2D eigenvalue weighted by molar-refractivity contribution is -0.145. The lowest BCUT2D eigenvalue weighted by atomic mass is 10.2. The van der Waals surface area contributed by atoms with E-state index in [2.05, 4.69) is 13.8 Å². The van der Waals surface area contributed by atoms with Crippen LogP contribution in [0.1, 0.15) is 52.4 Å². The molecule has 0 aliphatic carbocycles. The predicted octanol–water partition coefficient (Wildman–Crippen LogP) is 3.04. The molecule has 0 heterocycles. The molecule has 0 saturated carbocycles. The number of carbonyl (C=O) groups excluding carboxylic acids is 1. The third-order valence-corrected chi connectivity index (χ3v) is 4.72. The Morgan fingerprint density at radius 3 is 1.03 bits per heavy atom. The van der Waals surface area contributed by atoms with E-state index in [1.165, 1.54) is 0 Å². The number of hydrogen-bond donors (Lipinski definition) is 0. The van der Waals surface area contributed by atoms with Gasteiger partial charge in [0.25, 0.3) is 0 Å². The smallest absolute Gasteiger partial charge is 0.305 e. The van der Waals surface area contributed by atoms with Gasteiger partial charge in [0.15, 0.2) is 0 Å². The predicted molar refractivity (Wildman–Crippen MR) is 137 cm³/mol. The van der Waals surface area contributed by atoms with Crippen molar-refractivity contribution < 1.29 is 47.4 Å². The van der Waals surface area contributed by atoms with Gasteiger partial charge in [-0.25, -0.2) is 0 Å². The minimum Gasteiger partial charge on any atom is -0.463 e. The third-order valence-electron chi connectivity index (χ3n) is 4.72. The lowest BCUT2D eigenvalue weighted by Gasteiger charge is -2.09. The summed E-state index contributed by atoms with van der Waals surface area (Å²) in [6.07, 6.45) is 5.76. The van der Waals surface area contributed by atoms with E-state index in [1.807, 2.05) is 0 Å². The van der Waals surface area contributed by atoms with Crippen molar-refractivity contribution >= 4 is 5.97 Å². The first-order chi connectivity index (χ1) is 17.8. The first-order valence-corrected chi connectivity index (χ1v) is 13.6. The fraction of sp³-hybridized carbons (Fsp3) is 0.962. The highest BCUT2D eigenvalue weighted by atomic mass is 16.6. The van der Waals surface area contributed by atoms with Crippen molar-refractivity contribution in [2.45, 2.75) is 52.4 Å². The molecule has 216 valence electrons. The molecule has 0 atom stereocenters. The highest BCUT2D eigenvalue weighted by Crippen LogP contribution is 2.00. The van der Waals surface area contributed by atoms with Gasteiger partial charge in [-0.15, -0.1) is 0 Å². The molecule has 0 amide bonds. The first kappa shape index (κ1) is 35.2. The van der Waals surface area contributed by atoms with Crippen molar-refractivity contribution in [3.05, 3.63) is 0 Å². The number of unbranched alkanes of at least 4 members (excludes halogenated alkanes) is 3. The largest absolute Gasteiger partial charge is 0.463 e. The summed E-state index contributed by atoms with van der Waals surface area (Å²) < 4.78 is 48.5. The van der Waals surface area contributed by atoms with Gasteiger partial charge in [-0.3, -0.25) is 4.79 Å². The van der Waals surface area contributed by atoms with Crippen LogP contribution in [-0.2, 0) is 47.4 Å². The molecule has 0 saturated heterocycles.